The maximum atomic E-state index is 13.9. The van der Waals surface area contributed by atoms with Crippen molar-refractivity contribution in [2.75, 3.05) is 72.6 Å². The van der Waals surface area contributed by atoms with Gasteiger partial charge in [0.05, 0.1) is 41.0 Å². The lowest BCUT2D eigenvalue weighted by molar-refractivity contribution is -0.135. The van der Waals surface area contributed by atoms with Gasteiger partial charge in [-0.3, -0.25) is 9.69 Å². The average molecular weight is 560 g/mol. The van der Waals surface area contributed by atoms with E-state index in [0.717, 1.165) is 43.7 Å². The molecule has 1 amide bonds. The van der Waals surface area contributed by atoms with Crippen molar-refractivity contribution in [2.45, 2.75) is 25.8 Å². The number of piperazine rings is 1. The SMILES string of the molecule is COc1ccc(CC2c3cc(OC)c(OC)cc3CCN2C(=O)CN2CCN(c3ccc(C)cc3)CC2)cc1OC. The van der Waals surface area contributed by atoms with E-state index in [1.54, 1.807) is 28.4 Å². The van der Waals surface area contributed by atoms with Crippen LogP contribution in [0.5, 0.6) is 23.0 Å². The third-order valence-electron chi connectivity index (χ3n) is 8.33. The first-order valence-electron chi connectivity index (χ1n) is 14.2. The summed E-state index contributed by atoms with van der Waals surface area (Å²) < 4.78 is 22.3. The Morgan fingerprint density at radius 3 is 2.05 bits per heavy atom. The van der Waals surface area contributed by atoms with Crippen molar-refractivity contribution < 1.29 is 23.7 Å². The van der Waals surface area contributed by atoms with Crippen molar-refractivity contribution in [3.63, 3.8) is 0 Å². The van der Waals surface area contributed by atoms with Crippen molar-refractivity contribution in [1.29, 1.82) is 0 Å². The third-order valence-corrected chi connectivity index (χ3v) is 8.33. The summed E-state index contributed by atoms with van der Waals surface area (Å²) in [5, 5.41) is 0. The molecule has 0 spiro atoms. The second-order valence-corrected chi connectivity index (χ2v) is 10.8. The standard InChI is InChI=1S/C33H41N3O5/c1-23-6-9-26(10-7-23)35-16-14-34(15-17-35)22-33(37)36-13-12-25-20-31(40-4)32(41-5)21-27(25)28(36)18-24-8-11-29(38-2)30(19-24)39-3/h6-11,19-21,28H,12-18,22H2,1-5H3. The van der Waals surface area contributed by atoms with Crippen molar-refractivity contribution in [2.24, 2.45) is 0 Å². The minimum Gasteiger partial charge on any atom is -0.493 e. The molecule has 0 saturated carbocycles. The molecule has 1 saturated heterocycles. The lowest BCUT2D eigenvalue weighted by Gasteiger charge is -2.40. The topological polar surface area (TPSA) is 63.7 Å². The Balaban J connectivity index is 1.36. The van der Waals surface area contributed by atoms with Gasteiger partial charge in [-0.2, -0.15) is 0 Å². The van der Waals surface area contributed by atoms with Gasteiger partial charge >= 0.3 is 0 Å². The van der Waals surface area contributed by atoms with Crippen LogP contribution in [0.2, 0.25) is 0 Å². The number of rotatable bonds is 9. The molecular formula is C33H41N3O5. The second kappa shape index (κ2) is 12.7. The van der Waals surface area contributed by atoms with Gasteiger partial charge in [0.2, 0.25) is 5.91 Å². The van der Waals surface area contributed by atoms with Gasteiger partial charge in [-0.25, -0.2) is 0 Å². The van der Waals surface area contributed by atoms with Crippen LogP contribution in [0.1, 0.15) is 28.3 Å². The van der Waals surface area contributed by atoms with Crippen LogP contribution < -0.4 is 23.8 Å². The molecule has 0 radical (unpaired) electrons. The lowest BCUT2D eigenvalue weighted by atomic mass is 9.88. The highest BCUT2D eigenvalue weighted by Gasteiger charge is 2.33. The zero-order valence-corrected chi connectivity index (χ0v) is 24.8. The number of amides is 1. The number of nitrogens with zero attached hydrogens (tertiary/aromatic N) is 3. The van der Waals surface area contributed by atoms with Crippen molar-refractivity contribution in [3.05, 3.63) is 76.9 Å². The van der Waals surface area contributed by atoms with Gasteiger partial charge in [-0.15, -0.1) is 0 Å². The highest BCUT2D eigenvalue weighted by Crippen LogP contribution is 2.40. The Bertz CT molecular complexity index is 1350. The van der Waals surface area contributed by atoms with Gasteiger partial charge in [0, 0.05) is 38.4 Å². The maximum absolute atomic E-state index is 13.9. The Hall–Kier alpha value is -3.91. The number of hydrogen-bond donors (Lipinski definition) is 0. The molecule has 1 unspecified atom stereocenters. The van der Waals surface area contributed by atoms with Gasteiger partial charge in [0.1, 0.15) is 0 Å². The Morgan fingerprint density at radius 1 is 0.756 bits per heavy atom. The zero-order valence-electron chi connectivity index (χ0n) is 24.8. The molecule has 8 nitrogen and oxygen atoms in total. The lowest BCUT2D eigenvalue weighted by Crippen LogP contribution is -2.51. The molecule has 0 aromatic heterocycles. The van der Waals surface area contributed by atoms with Gasteiger partial charge in [-0.1, -0.05) is 23.8 Å². The predicted molar refractivity (Wildman–Crippen MR) is 161 cm³/mol. The molecule has 41 heavy (non-hydrogen) atoms. The number of ether oxygens (including phenoxy) is 4. The molecule has 3 aromatic carbocycles. The minimum absolute atomic E-state index is 0.141. The summed E-state index contributed by atoms with van der Waals surface area (Å²) in [5.41, 5.74) is 5.86. The summed E-state index contributed by atoms with van der Waals surface area (Å²) >= 11 is 0. The van der Waals surface area contributed by atoms with Crippen LogP contribution in [0.4, 0.5) is 5.69 Å². The molecule has 2 aliphatic rings. The van der Waals surface area contributed by atoms with Crippen LogP contribution in [0.25, 0.3) is 0 Å². The highest BCUT2D eigenvalue weighted by atomic mass is 16.5. The minimum atomic E-state index is -0.141. The first-order chi connectivity index (χ1) is 19.9. The van der Waals surface area contributed by atoms with E-state index in [9.17, 15) is 4.79 Å². The Kier molecular flexibility index (Phi) is 8.88. The van der Waals surface area contributed by atoms with Crippen LogP contribution >= 0.6 is 0 Å². The molecule has 0 N–H and O–H groups in total. The van der Waals surface area contributed by atoms with E-state index in [1.165, 1.54) is 16.8 Å². The van der Waals surface area contributed by atoms with Crippen molar-refractivity contribution in [1.82, 2.24) is 9.80 Å². The van der Waals surface area contributed by atoms with Gasteiger partial charge < -0.3 is 28.7 Å². The van der Waals surface area contributed by atoms with Crippen LogP contribution in [0, 0.1) is 6.92 Å². The third kappa shape index (κ3) is 6.22. The zero-order chi connectivity index (χ0) is 28.9. The smallest absolute Gasteiger partial charge is 0.237 e. The summed E-state index contributed by atoms with van der Waals surface area (Å²) in [6, 6.07) is 18.6. The van der Waals surface area contributed by atoms with Crippen LogP contribution in [0.15, 0.2) is 54.6 Å². The number of carbonyl (C=O) groups is 1. The fourth-order valence-electron chi connectivity index (χ4n) is 5.98. The monoisotopic (exact) mass is 559 g/mol. The van der Waals surface area contributed by atoms with Gasteiger partial charge in [-0.05, 0) is 72.9 Å². The van der Waals surface area contributed by atoms with Crippen molar-refractivity contribution >= 4 is 11.6 Å². The first-order valence-corrected chi connectivity index (χ1v) is 14.2. The Morgan fingerprint density at radius 2 is 1.39 bits per heavy atom. The molecule has 2 heterocycles. The maximum Gasteiger partial charge on any atom is 0.237 e. The number of benzene rings is 3. The molecule has 5 rings (SSSR count). The number of carbonyl (C=O) groups excluding carboxylic acids is 1. The van der Waals surface area contributed by atoms with Gasteiger partial charge in [0.15, 0.2) is 23.0 Å². The quantitative estimate of drug-likeness (QED) is 0.382. The highest BCUT2D eigenvalue weighted by molar-refractivity contribution is 5.79. The molecule has 1 atom stereocenters. The number of aryl methyl sites for hydroxylation is 1. The number of methoxy groups -OCH3 is 4. The summed E-state index contributed by atoms with van der Waals surface area (Å²) in [5.74, 6) is 2.90. The Labute approximate surface area is 243 Å². The largest absolute Gasteiger partial charge is 0.493 e. The summed E-state index contributed by atoms with van der Waals surface area (Å²) in [7, 11) is 6.58. The first kappa shape index (κ1) is 28.6. The fourth-order valence-corrected chi connectivity index (χ4v) is 5.98. The predicted octanol–water partition coefficient (Wildman–Crippen LogP) is 4.52. The summed E-state index contributed by atoms with van der Waals surface area (Å²) in [6.45, 7) is 6.70. The van der Waals surface area contributed by atoms with Crippen LogP contribution in [-0.4, -0.2) is 83.4 Å². The molecule has 8 heteroatoms. The van der Waals surface area contributed by atoms with Gasteiger partial charge in [0.25, 0.3) is 0 Å². The molecule has 1 fully saturated rings. The molecule has 0 bridgehead atoms. The fraction of sp³-hybridized carbons (Fsp3) is 0.424. The van der Waals surface area contributed by atoms with Crippen LogP contribution in [0.3, 0.4) is 0 Å². The molecule has 0 aliphatic carbocycles. The molecule has 3 aromatic rings. The summed E-state index contributed by atoms with van der Waals surface area (Å²) in [4.78, 5) is 20.7. The van der Waals surface area contributed by atoms with E-state index in [1.807, 2.05) is 24.3 Å². The normalized spacial score (nSPS) is 17.1. The van der Waals surface area contributed by atoms with Crippen LogP contribution in [-0.2, 0) is 17.6 Å². The summed E-state index contributed by atoms with van der Waals surface area (Å²) in [6.07, 6.45) is 1.42. The van der Waals surface area contributed by atoms with E-state index in [-0.39, 0.29) is 11.9 Å². The van der Waals surface area contributed by atoms with E-state index in [0.29, 0.717) is 42.5 Å². The molecule has 218 valence electrons. The number of anilines is 1. The van der Waals surface area contributed by atoms with E-state index in [2.05, 4.69) is 52.0 Å². The van der Waals surface area contributed by atoms with Crippen molar-refractivity contribution in [3.8, 4) is 23.0 Å². The van der Waals surface area contributed by atoms with E-state index >= 15 is 0 Å². The number of fused-ring (bicyclic) bond motifs is 1. The van der Waals surface area contributed by atoms with E-state index < -0.39 is 0 Å². The molecular weight excluding hydrogens is 518 g/mol. The second-order valence-electron chi connectivity index (χ2n) is 10.8. The molecule has 2 aliphatic heterocycles. The van der Waals surface area contributed by atoms with E-state index in [4.69, 9.17) is 18.9 Å². The number of hydrogen-bond acceptors (Lipinski definition) is 7. The average Bonchev–Trinajstić information content (AvgIpc) is 3.01.